The van der Waals surface area contributed by atoms with E-state index in [4.69, 9.17) is 16.3 Å². The molecule has 0 N–H and O–H groups in total. The molecule has 6 heteroatoms. The van der Waals surface area contributed by atoms with Gasteiger partial charge in [-0.3, -0.25) is 4.79 Å². The first kappa shape index (κ1) is 18.3. The first-order valence-corrected chi connectivity index (χ1v) is 9.56. The van der Waals surface area contributed by atoms with Gasteiger partial charge in [0.15, 0.2) is 0 Å². The van der Waals surface area contributed by atoms with Crippen LogP contribution in [0.2, 0.25) is 5.02 Å². The number of anilines is 1. The fourth-order valence-electron chi connectivity index (χ4n) is 3.21. The van der Waals surface area contributed by atoms with Crippen molar-refractivity contribution in [1.82, 2.24) is 9.88 Å². The van der Waals surface area contributed by atoms with E-state index in [1.165, 1.54) is 0 Å². The largest absolute Gasteiger partial charge is 0.457 e. The van der Waals surface area contributed by atoms with Crippen molar-refractivity contribution in [2.24, 2.45) is 0 Å². The zero-order chi connectivity index (χ0) is 19.3. The van der Waals surface area contributed by atoms with Crippen molar-refractivity contribution in [1.29, 1.82) is 0 Å². The Morgan fingerprint density at radius 3 is 2.32 bits per heavy atom. The number of piperazine rings is 1. The second kappa shape index (κ2) is 8.31. The Morgan fingerprint density at radius 1 is 0.893 bits per heavy atom. The van der Waals surface area contributed by atoms with E-state index in [-0.39, 0.29) is 5.91 Å². The maximum atomic E-state index is 13.1. The van der Waals surface area contributed by atoms with Crippen LogP contribution in [0.3, 0.4) is 0 Å². The van der Waals surface area contributed by atoms with E-state index in [9.17, 15) is 4.79 Å². The molecule has 1 saturated heterocycles. The molecular formula is C22H20ClN3O2. The van der Waals surface area contributed by atoms with Crippen LogP contribution in [-0.2, 0) is 0 Å². The topological polar surface area (TPSA) is 45.7 Å². The molecule has 3 aromatic rings. The summed E-state index contributed by atoms with van der Waals surface area (Å²) in [6, 6.07) is 20.6. The van der Waals surface area contributed by atoms with Gasteiger partial charge >= 0.3 is 0 Å². The second-order valence-corrected chi connectivity index (χ2v) is 6.96. The molecule has 1 fully saturated rings. The molecule has 0 atom stereocenters. The molecule has 1 aliphatic heterocycles. The van der Waals surface area contributed by atoms with Crippen LogP contribution in [0.4, 0.5) is 5.82 Å². The molecule has 1 aliphatic rings. The number of hydrogen-bond donors (Lipinski definition) is 0. The van der Waals surface area contributed by atoms with E-state index in [1.54, 1.807) is 6.20 Å². The Kier molecular flexibility index (Phi) is 5.44. The lowest BCUT2D eigenvalue weighted by Gasteiger charge is -2.35. The Balaban J connectivity index is 1.45. The fourth-order valence-corrected chi connectivity index (χ4v) is 3.32. The van der Waals surface area contributed by atoms with Gasteiger partial charge in [-0.2, -0.15) is 0 Å². The number of benzene rings is 2. The van der Waals surface area contributed by atoms with Gasteiger partial charge in [-0.25, -0.2) is 4.98 Å². The number of ether oxygens (including phenoxy) is 1. The van der Waals surface area contributed by atoms with E-state index in [0.717, 1.165) is 18.9 Å². The van der Waals surface area contributed by atoms with Crippen molar-refractivity contribution in [3.05, 3.63) is 83.5 Å². The molecule has 0 saturated carbocycles. The number of amides is 1. The van der Waals surface area contributed by atoms with Gasteiger partial charge < -0.3 is 14.5 Å². The molecule has 0 radical (unpaired) electrons. The van der Waals surface area contributed by atoms with Gasteiger partial charge in [-0.1, -0.05) is 41.9 Å². The number of carbonyl (C=O) groups excluding carboxylic acids is 1. The summed E-state index contributed by atoms with van der Waals surface area (Å²) in [7, 11) is 0. The third kappa shape index (κ3) is 4.10. The number of halogens is 1. The third-order valence-corrected chi connectivity index (χ3v) is 4.91. The molecule has 142 valence electrons. The van der Waals surface area contributed by atoms with E-state index in [0.29, 0.717) is 35.2 Å². The summed E-state index contributed by atoms with van der Waals surface area (Å²) in [6.45, 7) is 2.70. The van der Waals surface area contributed by atoms with Crippen LogP contribution in [-0.4, -0.2) is 42.0 Å². The summed E-state index contributed by atoms with van der Waals surface area (Å²) >= 11 is 5.91. The number of para-hydroxylation sites is 2. The van der Waals surface area contributed by atoms with E-state index < -0.39 is 0 Å². The molecule has 2 heterocycles. The monoisotopic (exact) mass is 393 g/mol. The molecule has 1 aromatic heterocycles. The predicted octanol–water partition coefficient (Wildman–Crippen LogP) is 4.49. The quantitative estimate of drug-likeness (QED) is 0.655. The normalized spacial score (nSPS) is 14.0. The number of aromatic nitrogens is 1. The van der Waals surface area contributed by atoms with Crippen molar-refractivity contribution >= 4 is 23.3 Å². The van der Waals surface area contributed by atoms with Crippen LogP contribution in [0.1, 0.15) is 10.4 Å². The zero-order valence-corrected chi connectivity index (χ0v) is 16.0. The highest BCUT2D eigenvalue weighted by Crippen LogP contribution is 2.26. The lowest BCUT2D eigenvalue weighted by molar-refractivity contribution is 0.0744. The SMILES string of the molecule is O=C(c1ccccc1Oc1ccccc1)N1CCN(c2ccc(Cl)cn2)CC1. The predicted molar refractivity (Wildman–Crippen MR) is 110 cm³/mol. The zero-order valence-electron chi connectivity index (χ0n) is 15.3. The van der Waals surface area contributed by atoms with Crippen LogP contribution in [0.15, 0.2) is 72.9 Å². The fraction of sp³-hybridized carbons (Fsp3) is 0.182. The molecule has 2 aromatic carbocycles. The van der Waals surface area contributed by atoms with E-state index in [2.05, 4.69) is 9.88 Å². The lowest BCUT2D eigenvalue weighted by atomic mass is 10.1. The van der Waals surface area contributed by atoms with Crippen molar-refractivity contribution in [3.8, 4) is 11.5 Å². The van der Waals surface area contributed by atoms with Gasteiger partial charge in [0.1, 0.15) is 17.3 Å². The van der Waals surface area contributed by atoms with Gasteiger partial charge in [0.25, 0.3) is 5.91 Å². The first-order chi connectivity index (χ1) is 13.7. The number of hydrogen-bond acceptors (Lipinski definition) is 4. The van der Waals surface area contributed by atoms with Gasteiger partial charge in [0.2, 0.25) is 0 Å². The lowest BCUT2D eigenvalue weighted by Crippen LogP contribution is -2.49. The molecule has 4 rings (SSSR count). The van der Waals surface area contributed by atoms with Gasteiger partial charge in [0.05, 0.1) is 10.6 Å². The number of nitrogens with zero attached hydrogens (tertiary/aromatic N) is 3. The Morgan fingerprint density at radius 2 is 1.61 bits per heavy atom. The molecule has 1 amide bonds. The van der Waals surface area contributed by atoms with Crippen LogP contribution < -0.4 is 9.64 Å². The highest BCUT2D eigenvalue weighted by atomic mass is 35.5. The average Bonchev–Trinajstić information content (AvgIpc) is 2.75. The Hall–Kier alpha value is -3.05. The molecule has 0 unspecified atom stereocenters. The number of carbonyl (C=O) groups is 1. The van der Waals surface area contributed by atoms with Crippen LogP contribution in [0.25, 0.3) is 0 Å². The minimum absolute atomic E-state index is 0.0183. The van der Waals surface area contributed by atoms with Crippen LogP contribution >= 0.6 is 11.6 Å². The maximum absolute atomic E-state index is 13.1. The van der Waals surface area contributed by atoms with Gasteiger partial charge in [-0.15, -0.1) is 0 Å². The molecule has 0 aliphatic carbocycles. The molecular weight excluding hydrogens is 374 g/mol. The van der Waals surface area contributed by atoms with Crippen molar-refractivity contribution in [3.63, 3.8) is 0 Å². The summed E-state index contributed by atoms with van der Waals surface area (Å²) in [5, 5.41) is 0.618. The van der Waals surface area contributed by atoms with Crippen molar-refractivity contribution < 1.29 is 9.53 Å². The van der Waals surface area contributed by atoms with Crippen LogP contribution in [0.5, 0.6) is 11.5 Å². The molecule has 28 heavy (non-hydrogen) atoms. The van der Waals surface area contributed by atoms with Crippen molar-refractivity contribution in [2.45, 2.75) is 0 Å². The minimum Gasteiger partial charge on any atom is -0.457 e. The van der Waals surface area contributed by atoms with E-state index in [1.807, 2.05) is 71.6 Å². The summed E-state index contributed by atoms with van der Waals surface area (Å²) in [5.41, 5.74) is 0.574. The highest BCUT2D eigenvalue weighted by molar-refractivity contribution is 6.30. The van der Waals surface area contributed by atoms with E-state index >= 15 is 0 Å². The Labute approximate surface area is 169 Å². The maximum Gasteiger partial charge on any atom is 0.257 e. The molecule has 0 bridgehead atoms. The smallest absolute Gasteiger partial charge is 0.257 e. The minimum atomic E-state index is -0.0183. The highest BCUT2D eigenvalue weighted by Gasteiger charge is 2.25. The van der Waals surface area contributed by atoms with Gasteiger partial charge in [0, 0.05) is 32.4 Å². The first-order valence-electron chi connectivity index (χ1n) is 9.18. The second-order valence-electron chi connectivity index (χ2n) is 6.53. The number of pyridine rings is 1. The summed E-state index contributed by atoms with van der Waals surface area (Å²) in [4.78, 5) is 21.5. The summed E-state index contributed by atoms with van der Waals surface area (Å²) in [5.74, 6) is 2.14. The van der Waals surface area contributed by atoms with Gasteiger partial charge in [-0.05, 0) is 36.4 Å². The van der Waals surface area contributed by atoms with Crippen molar-refractivity contribution in [2.75, 3.05) is 31.1 Å². The Bertz CT molecular complexity index is 940. The standard InChI is InChI=1S/C22H20ClN3O2/c23-17-10-11-21(24-16-17)25-12-14-26(15-13-25)22(27)19-8-4-5-9-20(19)28-18-6-2-1-3-7-18/h1-11,16H,12-15H2. The molecule has 5 nitrogen and oxygen atoms in total. The van der Waals surface area contributed by atoms with Crippen LogP contribution in [0, 0.1) is 0 Å². The summed E-state index contributed by atoms with van der Waals surface area (Å²) < 4.78 is 5.94. The molecule has 0 spiro atoms. The number of rotatable bonds is 4. The average molecular weight is 394 g/mol. The summed E-state index contributed by atoms with van der Waals surface area (Å²) in [6.07, 6.45) is 1.64. The third-order valence-electron chi connectivity index (χ3n) is 4.69.